The monoisotopic (exact) mass is 1440 g/mol. The molecule has 22 nitrogen and oxygen atoms in total. The van der Waals surface area contributed by atoms with E-state index in [1.807, 2.05) is 39.8 Å². The van der Waals surface area contributed by atoms with Gasteiger partial charge in [0.05, 0.1) is 45.8 Å². The van der Waals surface area contributed by atoms with Crippen molar-refractivity contribution in [3.63, 3.8) is 0 Å². The molecule has 104 heavy (non-hydrogen) atoms. The first-order chi connectivity index (χ1) is 50.3. The highest BCUT2D eigenvalue weighted by Gasteiger charge is 2.32. The Morgan fingerprint density at radius 2 is 0.721 bits per heavy atom. The zero-order valence-electron chi connectivity index (χ0n) is 65.8. The molecule has 1 aliphatic rings. The van der Waals surface area contributed by atoms with Gasteiger partial charge in [-0.3, -0.25) is 39.4 Å². The molecule has 1 aliphatic heterocycles. The Morgan fingerprint density at radius 1 is 0.423 bits per heavy atom. The van der Waals surface area contributed by atoms with Crippen LogP contribution in [-0.2, 0) is 9.59 Å². The Morgan fingerprint density at radius 3 is 0.990 bits per heavy atom. The fourth-order valence-corrected chi connectivity index (χ4v) is 13.9. The number of unbranched alkanes of at least 4 members (excludes halogenated alkanes) is 6. The first-order valence-electron chi connectivity index (χ1n) is 40.0. The van der Waals surface area contributed by atoms with Gasteiger partial charge >= 0.3 is 0 Å². The van der Waals surface area contributed by atoms with Crippen LogP contribution in [0.1, 0.15) is 272 Å². The number of anilines is 4. The predicted molar refractivity (Wildman–Crippen MR) is 423 cm³/mol. The van der Waals surface area contributed by atoms with Gasteiger partial charge < -0.3 is 39.7 Å². The molecule has 2 N–H and O–H groups in total. The number of nitrogens with zero attached hydrogens (tertiary/aromatic N) is 10. The van der Waals surface area contributed by atoms with Crippen molar-refractivity contribution in [2.45, 2.75) is 251 Å². The summed E-state index contributed by atoms with van der Waals surface area (Å²) in [5, 5.41) is 50.5. The van der Waals surface area contributed by atoms with Crippen molar-refractivity contribution < 1.29 is 38.5 Å². The molecular formula is C82H128N12O10. The Kier molecular flexibility index (Phi) is 38.9. The summed E-state index contributed by atoms with van der Waals surface area (Å²) < 4.78 is 12.9. The third-order valence-electron chi connectivity index (χ3n) is 20.8. The molecule has 0 bridgehead atoms. The number of azo groups is 2. The lowest BCUT2D eigenvalue weighted by Gasteiger charge is -2.34. The molecule has 4 amide bonds. The van der Waals surface area contributed by atoms with Gasteiger partial charge in [0, 0.05) is 99.6 Å². The normalized spacial score (nSPS) is 14.2. The summed E-state index contributed by atoms with van der Waals surface area (Å²) in [6.07, 6.45) is 23.7. The number of amides is 4. The van der Waals surface area contributed by atoms with Crippen LogP contribution in [0, 0.1) is 55.7 Å². The molecule has 576 valence electrons. The summed E-state index contributed by atoms with van der Waals surface area (Å²) in [5.74, 6) is 1.05. The van der Waals surface area contributed by atoms with Crippen LogP contribution in [0.4, 0.5) is 56.9 Å². The first kappa shape index (κ1) is 86.6. The Labute approximate surface area is 622 Å². The number of ether oxygens (including phenoxy) is 2. The molecule has 6 atom stereocenters. The maximum atomic E-state index is 14.3. The standard InChI is InChI=1S/C82H128N12O10/c1-15-29-35-59(21-7)55-91(56-60(22-8)36-30-16-2)75-51-69(83-79(95)63(25-11)39-33-19-5)71(53-77(75)103-27-13)87-85-67-43-41-65(49-73(67)93(99)100)81(97)89-45-47-90(48-46-89)82(98)66-42-44-68(74(50-66)94(101)102)86-88-72-54-78(104-28-14)76(52-70(72)84-80(96)64(26-12)40-34-20-6)92(57-61(23-9)37-31-17-3)58-62(24-10)38-32-18-4/h41-44,49-54,59-64H,15-40,45-48,55-58H2,1-14H3,(H,83,95)(H,84,96). The molecule has 5 rings (SSSR count). The highest BCUT2D eigenvalue weighted by molar-refractivity contribution is 5.99. The molecule has 1 fully saturated rings. The zero-order chi connectivity index (χ0) is 76.1. The third kappa shape index (κ3) is 26.2. The van der Waals surface area contributed by atoms with Crippen LogP contribution in [0.5, 0.6) is 11.5 Å². The van der Waals surface area contributed by atoms with Gasteiger partial charge in [0.25, 0.3) is 23.2 Å². The maximum Gasteiger partial charge on any atom is 0.297 e. The van der Waals surface area contributed by atoms with Crippen molar-refractivity contribution in [1.82, 2.24) is 9.80 Å². The summed E-state index contributed by atoms with van der Waals surface area (Å²) >= 11 is 0. The topological polar surface area (TPSA) is 259 Å². The molecule has 1 heterocycles. The average molecular weight is 1440 g/mol. The highest BCUT2D eigenvalue weighted by Crippen LogP contribution is 2.45. The molecule has 0 saturated carbocycles. The van der Waals surface area contributed by atoms with E-state index in [0.29, 0.717) is 72.6 Å². The van der Waals surface area contributed by atoms with Crippen molar-refractivity contribution in [2.24, 2.45) is 56.0 Å². The van der Waals surface area contributed by atoms with Gasteiger partial charge in [0.15, 0.2) is 11.4 Å². The van der Waals surface area contributed by atoms with Crippen LogP contribution in [-0.4, -0.2) is 109 Å². The predicted octanol–water partition coefficient (Wildman–Crippen LogP) is 22.5. The summed E-state index contributed by atoms with van der Waals surface area (Å²) in [4.78, 5) is 89.4. The molecule has 4 aromatic rings. The summed E-state index contributed by atoms with van der Waals surface area (Å²) in [6, 6.07) is 15.5. The highest BCUT2D eigenvalue weighted by atomic mass is 16.6. The number of hydrogen-bond acceptors (Lipinski definition) is 16. The van der Waals surface area contributed by atoms with Crippen molar-refractivity contribution in [3.8, 4) is 11.5 Å². The number of hydrogen-bond donors (Lipinski definition) is 2. The SMILES string of the molecule is CCCCC(CC)CN(CC(CC)CCCC)c1cc(NC(=O)C(CC)CCCC)c(N=Nc2ccc(C(=O)N3CCN(C(=O)c4ccc(N=Nc5cc(OCC)c(N(CC(CC)CCCC)CC(CC)CCCC)cc5NC(=O)C(CC)CCCC)c([N+](=O)[O-])c4)CC3)cc2[N+](=O)[O-])cc1OCC. The Bertz CT molecular complexity index is 3130. The molecule has 0 aliphatic carbocycles. The van der Waals surface area contributed by atoms with Gasteiger partial charge in [0.1, 0.15) is 22.9 Å². The van der Waals surface area contributed by atoms with Crippen LogP contribution < -0.4 is 29.9 Å². The lowest BCUT2D eigenvalue weighted by atomic mass is 9.95. The lowest BCUT2D eigenvalue weighted by molar-refractivity contribution is -0.384. The molecule has 1 saturated heterocycles. The van der Waals surface area contributed by atoms with E-state index in [-0.39, 0.29) is 83.7 Å². The minimum Gasteiger partial charge on any atom is -0.492 e. The minimum atomic E-state index is -0.611. The number of piperazine rings is 1. The van der Waals surface area contributed by atoms with E-state index in [4.69, 9.17) is 9.47 Å². The van der Waals surface area contributed by atoms with E-state index in [1.54, 1.807) is 12.1 Å². The molecule has 4 aromatic carbocycles. The Balaban J connectivity index is 1.46. The second-order valence-electron chi connectivity index (χ2n) is 28.4. The summed E-state index contributed by atoms with van der Waals surface area (Å²) in [7, 11) is 0. The fraction of sp³-hybridized carbons (Fsp3) is 0.659. The van der Waals surface area contributed by atoms with Gasteiger partial charge in [0.2, 0.25) is 11.8 Å². The van der Waals surface area contributed by atoms with Gasteiger partial charge in [-0.1, -0.05) is 186 Å². The van der Waals surface area contributed by atoms with E-state index in [0.717, 1.165) is 179 Å². The van der Waals surface area contributed by atoms with Crippen LogP contribution >= 0.6 is 0 Å². The minimum absolute atomic E-state index is 0.0302. The summed E-state index contributed by atoms with van der Waals surface area (Å²) in [5.41, 5.74) is 1.96. The fourth-order valence-electron chi connectivity index (χ4n) is 13.9. The van der Waals surface area contributed by atoms with E-state index in [2.05, 4.69) is 110 Å². The maximum absolute atomic E-state index is 14.3. The average Bonchev–Trinajstić information content (AvgIpc) is 0.806. The second-order valence-corrected chi connectivity index (χ2v) is 28.4. The number of benzene rings is 4. The number of nitrogens with one attached hydrogen (secondary N) is 2. The summed E-state index contributed by atoms with van der Waals surface area (Å²) in [6.45, 7) is 34.1. The molecule has 0 radical (unpaired) electrons. The zero-order valence-corrected chi connectivity index (χ0v) is 65.8. The van der Waals surface area contributed by atoms with Crippen molar-refractivity contribution in [1.29, 1.82) is 0 Å². The number of carbonyl (C=O) groups excluding carboxylic acids is 4. The molecule has 6 unspecified atom stereocenters. The van der Waals surface area contributed by atoms with E-state index in [1.165, 1.54) is 46.2 Å². The number of nitro groups is 2. The smallest absolute Gasteiger partial charge is 0.297 e. The molecular weight excluding hydrogens is 1310 g/mol. The van der Waals surface area contributed by atoms with Gasteiger partial charge in [-0.05, 0) is 125 Å². The van der Waals surface area contributed by atoms with Crippen LogP contribution in [0.2, 0.25) is 0 Å². The molecule has 22 heteroatoms. The van der Waals surface area contributed by atoms with Gasteiger partial charge in [-0.25, -0.2) is 0 Å². The first-order valence-corrected chi connectivity index (χ1v) is 40.0. The van der Waals surface area contributed by atoms with Crippen LogP contribution in [0.25, 0.3) is 0 Å². The molecule has 0 spiro atoms. The van der Waals surface area contributed by atoms with Crippen molar-refractivity contribution in [2.75, 3.05) is 86.0 Å². The second kappa shape index (κ2) is 46.7. The Hall–Kier alpha value is -8.04. The quantitative estimate of drug-likeness (QED) is 0.0238. The van der Waals surface area contributed by atoms with Crippen molar-refractivity contribution >= 4 is 80.5 Å². The number of nitro benzene ring substituents is 2. The van der Waals surface area contributed by atoms with Gasteiger partial charge in [-0.2, -0.15) is 0 Å². The van der Waals surface area contributed by atoms with E-state index < -0.39 is 33.0 Å². The van der Waals surface area contributed by atoms with Gasteiger partial charge in [-0.15, -0.1) is 20.5 Å². The number of carbonyl (C=O) groups is 4. The molecule has 0 aromatic heterocycles. The largest absolute Gasteiger partial charge is 0.492 e. The van der Waals surface area contributed by atoms with E-state index >= 15 is 0 Å². The van der Waals surface area contributed by atoms with Crippen LogP contribution in [0.3, 0.4) is 0 Å². The van der Waals surface area contributed by atoms with Crippen LogP contribution in [0.15, 0.2) is 81.1 Å². The third-order valence-corrected chi connectivity index (χ3v) is 20.8. The van der Waals surface area contributed by atoms with Crippen molar-refractivity contribution in [3.05, 3.63) is 92.0 Å². The lowest BCUT2D eigenvalue weighted by Crippen LogP contribution is -2.50. The van der Waals surface area contributed by atoms with E-state index in [9.17, 15) is 39.4 Å². The number of rotatable bonds is 50.